The maximum absolute atomic E-state index is 9.58. The highest BCUT2D eigenvalue weighted by Gasteiger charge is 2.24. The zero-order valence-electron chi connectivity index (χ0n) is 10.9. The lowest BCUT2D eigenvalue weighted by Gasteiger charge is -2.21. The highest BCUT2D eigenvalue weighted by molar-refractivity contribution is 9.10. The van der Waals surface area contributed by atoms with Gasteiger partial charge < -0.3 is 9.84 Å². The van der Waals surface area contributed by atoms with Gasteiger partial charge in [-0.05, 0) is 51.9 Å². The van der Waals surface area contributed by atoms with Crippen molar-refractivity contribution in [2.75, 3.05) is 13.7 Å². The molecule has 1 aromatic carbocycles. The average molecular weight is 313 g/mol. The fourth-order valence-electron chi connectivity index (χ4n) is 2.95. The third kappa shape index (κ3) is 3.27. The largest absolute Gasteiger partial charge is 0.496 e. The molecule has 0 amide bonds. The molecule has 0 aliphatic heterocycles. The summed E-state index contributed by atoms with van der Waals surface area (Å²) in [5, 5.41) is 9.58. The molecule has 1 fully saturated rings. The van der Waals surface area contributed by atoms with Gasteiger partial charge in [0.05, 0.1) is 11.6 Å². The molecule has 2 rings (SSSR count). The van der Waals surface area contributed by atoms with Crippen molar-refractivity contribution in [3.05, 3.63) is 28.2 Å². The Hall–Kier alpha value is -0.540. The van der Waals surface area contributed by atoms with Crippen molar-refractivity contribution < 1.29 is 9.84 Å². The second-order valence-corrected chi connectivity index (χ2v) is 6.01. The number of aliphatic hydroxyl groups excluding tert-OH is 1. The summed E-state index contributed by atoms with van der Waals surface area (Å²) in [6.07, 6.45) is 6.18. The van der Waals surface area contributed by atoms with Crippen molar-refractivity contribution in [3.8, 4) is 5.75 Å². The molecule has 3 heteroatoms. The predicted octanol–water partition coefficient (Wildman–Crippen LogP) is 3.80. The van der Waals surface area contributed by atoms with Crippen LogP contribution in [0.3, 0.4) is 0 Å². The topological polar surface area (TPSA) is 29.5 Å². The van der Waals surface area contributed by atoms with Gasteiger partial charge in [0.2, 0.25) is 0 Å². The van der Waals surface area contributed by atoms with E-state index < -0.39 is 0 Å². The van der Waals surface area contributed by atoms with Crippen LogP contribution in [0.1, 0.15) is 31.2 Å². The summed E-state index contributed by atoms with van der Waals surface area (Å²) in [4.78, 5) is 0. The van der Waals surface area contributed by atoms with Crippen LogP contribution < -0.4 is 4.74 Å². The number of methoxy groups -OCH3 is 1. The van der Waals surface area contributed by atoms with Crippen LogP contribution in [0.4, 0.5) is 0 Å². The fourth-order valence-corrected chi connectivity index (χ4v) is 3.54. The van der Waals surface area contributed by atoms with E-state index in [-0.39, 0.29) is 0 Å². The second-order valence-electron chi connectivity index (χ2n) is 5.16. The van der Waals surface area contributed by atoms with E-state index in [0.29, 0.717) is 18.4 Å². The molecule has 18 heavy (non-hydrogen) atoms. The molecule has 1 aliphatic carbocycles. The van der Waals surface area contributed by atoms with E-state index in [2.05, 4.69) is 28.1 Å². The lowest BCUT2D eigenvalue weighted by molar-refractivity contribution is 0.175. The Bertz CT molecular complexity index is 386. The monoisotopic (exact) mass is 312 g/mol. The molecule has 0 bridgehead atoms. The highest BCUT2D eigenvalue weighted by Crippen LogP contribution is 2.34. The summed E-state index contributed by atoms with van der Waals surface area (Å²) < 4.78 is 6.23. The Morgan fingerprint density at radius 3 is 2.67 bits per heavy atom. The zero-order valence-corrected chi connectivity index (χ0v) is 12.4. The molecule has 0 aromatic heterocycles. The van der Waals surface area contributed by atoms with Gasteiger partial charge in [-0.1, -0.05) is 31.7 Å². The Labute approximate surface area is 117 Å². The Morgan fingerprint density at radius 1 is 1.39 bits per heavy atom. The molecule has 1 N–H and O–H groups in total. The van der Waals surface area contributed by atoms with Crippen molar-refractivity contribution in [3.63, 3.8) is 0 Å². The molecule has 1 unspecified atom stereocenters. The molecule has 0 spiro atoms. The molecular formula is C15H21BrO2. The standard InChI is InChI=1S/C15H21BrO2/c1-18-15-7-6-11(9-14(15)16)8-13(10-17)12-4-2-3-5-12/h6-7,9,12-13,17H,2-5,8,10H2,1H3. The summed E-state index contributed by atoms with van der Waals surface area (Å²) in [6.45, 7) is 0.300. The van der Waals surface area contributed by atoms with Crippen molar-refractivity contribution in [2.45, 2.75) is 32.1 Å². The Kier molecular flexibility index (Phi) is 5.07. The van der Waals surface area contributed by atoms with Crippen LogP contribution in [-0.4, -0.2) is 18.8 Å². The maximum atomic E-state index is 9.58. The normalized spacial score (nSPS) is 17.9. The Balaban J connectivity index is 2.04. The summed E-state index contributed by atoms with van der Waals surface area (Å²) in [5.74, 6) is 1.98. The third-order valence-electron chi connectivity index (χ3n) is 4.02. The lowest BCUT2D eigenvalue weighted by Crippen LogP contribution is -2.18. The molecule has 100 valence electrons. The number of halogens is 1. The van der Waals surface area contributed by atoms with Gasteiger partial charge in [0.1, 0.15) is 5.75 Å². The van der Waals surface area contributed by atoms with E-state index in [0.717, 1.165) is 16.6 Å². The maximum Gasteiger partial charge on any atom is 0.133 e. The van der Waals surface area contributed by atoms with E-state index >= 15 is 0 Å². The van der Waals surface area contributed by atoms with E-state index in [4.69, 9.17) is 4.74 Å². The molecule has 0 radical (unpaired) electrons. The van der Waals surface area contributed by atoms with Gasteiger partial charge in [0, 0.05) is 6.61 Å². The molecule has 0 heterocycles. The smallest absolute Gasteiger partial charge is 0.133 e. The van der Waals surface area contributed by atoms with Gasteiger partial charge in [-0.25, -0.2) is 0 Å². The number of benzene rings is 1. The van der Waals surface area contributed by atoms with E-state index in [1.54, 1.807) is 7.11 Å². The van der Waals surface area contributed by atoms with E-state index in [9.17, 15) is 5.11 Å². The number of hydrogen-bond acceptors (Lipinski definition) is 2. The molecule has 1 saturated carbocycles. The number of aliphatic hydroxyl groups is 1. The van der Waals surface area contributed by atoms with Crippen LogP contribution in [0.2, 0.25) is 0 Å². The average Bonchev–Trinajstić information content (AvgIpc) is 2.90. The van der Waals surface area contributed by atoms with Crippen molar-refractivity contribution in [2.24, 2.45) is 11.8 Å². The SMILES string of the molecule is COc1ccc(CC(CO)C2CCCC2)cc1Br. The minimum atomic E-state index is 0.300. The summed E-state index contributed by atoms with van der Waals surface area (Å²) in [6, 6.07) is 6.19. The fraction of sp³-hybridized carbons (Fsp3) is 0.600. The first-order valence-electron chi connectivity index (χ1n) is 6.68. The third-order valence-corrected chi connectivity index (χ3v) is 4.63. The number of rotatable bonds is 5. The summed E-state index contributed by atoms with van der Waals surface area (Å²) in [7, 11) is 1.68. The van der Waals surface area contributed by atoms with Gasteiger partial charge in [-0.3, -0.25) is 0 Å². The van der Waals surface area contributed by atoms with Crippen molar-refractivity contribution >= 4 is 15.9 Å². The predicted molar refractivity (Wildman–Crippen MR) is 76.9 cm³/mol. The van der Waals surface area contributed by atoms with Crippen LogP contribution in [0, 0.1) is 11.8 Å². The first-order valence-corrected chi connectivity index (χ1v) is 7.47. The second kappa shape index (κ2) is 6.58. The van der Waals surface area contributed by atoms with Crippen LogP contribution >= 0.6 is 15.9 Å². The van der Waals surface area contributed by atoms with Gasteiger partial charge >= 0.3 is 0 Å². The first-order chi connectivity index (χ1) is 8.74. The molecule has 1 aliphatic rings. The first kappa shape index (κ1) is 13.9. The van der Waals surface area contributed by atoms with Gasteiger partial charge in [0.15, 0.2) is 0 Å². The minimum absolute atomic E-state index is 0.300. The summed E-state index contributed by atoms with van der Waals surface area (Å²) >= 11 is 3.52. The Morgan fingerprint density at radius 2 is 2.11 bits per heavy atom. The summed E-state index contributed by atoms with van der Waals surface area (Å²) in [5.41, 5.74) is 1.27. The van der Waals surface area contributed by atoms with Crippen molar-refractivity contribution in [1.82, 2.24) is 0 Å². The van der Waals surface area contributed by atoms with Gasteiger partial charge in [-0.2, -0.15) is 0 Å². The lowest BCUT2D eigenvalue weighted by atomic mass is 9.86. The molecule has 2 nitrogen and oxygen atoms in total. The highest BCUT2D eigenvalue weighted by atomic mass is 79.9. The molecule has 1 aromatic rings. The van der Waals surface area contributed by atoms with E-state index in [1.165, 1.54) is 31.2 Å². The minimum Gasteiger partial charge on any atom is -0.496 e. The van der Waals surface area contributed by atoms with Crippen LogP contribution in [0.15, 0.2) is 22.7 Å². The quantitative estimate of drug-likeness (QED) is 0.896. The molecule has 1 atom stereocenters. The molecular weight excluding hydrogens is 292 g/mol. The van der Waals surface area contributed by atoms with Gasteiger partial charge in [-0.15, -0.1) is 0 Å². The number of ether oxygens (including phenoxy) is 1. The van der Waals surface area contributed by atoms with Crippen LogP contribution in [0.25, 0.3) is 0 Å². The van der Waals surface area contributed by atoms with Crippen LogP contribution in [-0.2, 0) is 6.42 Å². The zero-order chi connectivity index (χ0) is 13.0. The molecule has 0 saturated heterocycles. The van der Waals surface area contributed by atoms with Gasteiger partial charge in [0.25, 0.3) is 0 Å². The van der Waals surface area contributed by atoms with E-state index in [1.807, 2.05) is 6.07 Å². The number of hydrogen-bond donors (Lipinski definition) is 1. The van der Waals surface area contributed by atoms with Crippen LogP contribution in [0.5, 0.6) is 5.75 Å². The van der Waals surface area contributed by atoms with Crippen molar-refractivity contribution in [1.29, 1.82) is 0 Å².